The summed E-state index contributed by atoms with van der Waals surface area (Å²) < 4.78 is 3.32. The van der Waals surface area contributed by atoms with Crippen LogP contribution in [0.1, 0.15) is 42.5 Å². The molecule has 0 unspecified atom stereocenters. The van der Waals surface area contributed by atoms with E-state index in [1.54, 1.807) is 28.8 Å². The highest BCUT2D eigenvalue weighted by Crippen LogP contribution is 2.24. The zero-order valence-electron chi connectivity index (χ0n) is 18.3. The van der Waals surface area contributed by atoms with Crippen LogP contribution in [-0.4, -0.2) is 35.7 Å². The third kappa shape index (κ3) is 4.23. The van der Waals surface area contributed by atoms with Gasteiger partial charge in [-0.1, -0.05) is 32.1 Å². The predicted molar refractivity (Wildman–Crippen MR) is 119 cm³/mol. The number of rotatable bonds is 4. The largest absolute Gasteiger partial charge is 0.321 e. The second-order valence-electron chi connectivity index (χ2n) is 8.53. The Balaban J connectivity index is 1.60. The minimum atomic E-state index is -0.213. The molecule has 0 bridgehead atoms. The van der Waals surface area contributed by atoms with Crippen LogP contribution < -0.4 is 5.32 Å². The number of aryl methyl sites for hydroxylation is 2. The molecule has 8 nitrogen and oxygen atoms in total. The Morgan fingerprint density at radius 3 is 2.61 bits per heavy atom. The lowest BCUT2D eigenvalue weighted by Gasteiger charge is -2.13. The Hall–Kier alpha value is -3.81. The molecule has 0 saturated heterocycles. The van der Waals surface area contributed by atoms with Gasteiger partial charge in [-0.3, -0.25) is 14.5 Å². The Kier molecular flexibility index (Phi) is 5.14. The van der Waals surface area contributed by atoms with Crippen molar-refractivity contribution in [3.63, 3.8) is 0 Å². The molecule has 0 radical (unpaired) electrons. The Labute approximate surface area is 180 Å². The number of aromatic nitrogens is 6. The summed E-state index contributed by atoms with van der Waals surface area (Å²) in [6.07, 6.45) is 5.32. The molecule has 0 spiro atoms. The van der Waals surface area contributed by atoms with Crippen LogP contribution in [0.15, 0.2) is 55.0 Å². The molecule has 0 fully saturated rings. The number of anilines is 1. The fourth-order valence-corrected chi connectivity index (χ4v) is 3.20. The number of carbonyl (C=O) groups is 1. The van der Waals surface area contributed by atoms with Crippen LogP contribution in [0.2, 0.25) is 0 Å². The minimum absolute atomic E-state index is 0.133. The number of pyridine rings is 1. The van der Waals surface area contributed by atoms with Gasteiger partial charge in [-0.05, 0) is 42.8 Å². The highest BCUT2D eigenvalue weighted by molar-refractivity contribution is 6.03. The van der Waals surface area contributed by atoms with Crippen molar-refractivity contribution >= 4 is 11.6 Å². The number of benzene rings is 1. The predicted octanol–water partition coefficient (Wildman–Crippen LogP) is 3.92. The van der Waals surface area contributed by atoms with Crippen LogP contribution in [0.3, 0.4) is 0 Å². The van der Waals surface area contributed by atoms with Gasteiger partial charge in [-0.25, -0.2) is 4.68 Å². The molecule has 3 heterocycles. The van der Waals surface area contributed by atoms with Crippen LogP contribution in [-0.2, 0) is 12.5 Å². The standard InChI is InChI=1S/C23H25N7O/c1-15-8-9-17(25-22(31)20-12-21(23(2,3)4)27-29(20)5)11-19(15)30-14-18(26-28-30)16-7-6-10-24-13-16/h6-14H,1-5H3,(H,25,31). The molecule has 4 rings (SSSR count). The van der Waals surface area contributed by atoms with E-state index < -0.39 is 0 Å². The van der Waals surface area contributed by atoms with E-state index in [4.69, 9.17) is 0 Å². The molecular weight excluding hydrogens is 390 g/mol. The second kappa shape index (κ2) is 7.79. The number of hydrogen-bond donors (Lipinski definition) is 1. The molecule has 1 aromatic carbocycles. The van der Waals surface area contributed by atoms with Crippen molar-refractivity contribution in [2.75, 3.05) is 5.32 Å². The van der Waals surface area contributed by atoms with Gasteiger partial charge in [0.05, 0.1) is 17.6 Å². The van der Waals surface area contributed by atoms with Crippen molar-refractivity contribution in [2.45, 2.75) is 33.1 Å². The first kappa shape index (κ1) is 20.5. The molecule has 4 aromatic rings. The molecule has 3 aromatic heterocycles. The highest BCUT2D eigenvalue weighted by atomic mass is 16.2. The summed E-state index contributed by atoms with van der Waals surface area (Å²) in [5.41, 5.74) is 5.38. The van der Waals surface area contributed by atoms with Crippen LogP contribution >= 0.6 is 0 Å². The molecule has 1 N–H and O–H groups in total. The molecule has 0 aliphatic heterocycles. The number of nitrogens with zero attached hydrogens (tertiary/aromatic N) is 6. The molecule has 158 valence electrons. The SMILES string of the molecule is Cc1ccc(NC(=O)c2cc(C(C)(C)C)nn2C)cc1-n1cc(-c2cccnc2)nn1. The van der Waals surface area contributed by atoms with Crippen LogP contribution in [0.4, 0.5) is 5.69 Å². The van der Waals surface area contributed by atoms with Crippen LogP contribution in [0.25, 0.3) is 16.9 Å². The maximum absolute atomic E-state index is 12.9. The second-order valence-corrected chi connectivity index (χ2v) is 8.53. The summed E-state index contributed by atoms with van der Waals surface area (Å²) in [7, 11) is 1.78. The van der Waals surface area contributed by atoms with E-state index in [0.717, 1.165) is 28.2 Å². The van der Waals surface area contributed by atoms with Crippen molar-refractivity contribution in [2.24, 2.45) is 7.05 Å². The first-order chi connectivity index (χ1) is 14.7. The van der Waals surface area contributed by atoms with Gasteiger partial charge in [0.1, 0.15) is 11.4 Å². The maximum atomic E-state index is 12.9. The lowest BCUT2D eigenvalue weighted by Crippen LogP contribution is -2.16. The molecule has 0 aliphatic carbocycles. The van der Waals surface area contributed by atoms with Crippen molar-refractivity contribution in [3.05, 3.63) is 71.9 Å². The summed E-state index contributed by atoms with van der Waals surface area (Å²) in [4.78, 5) is 17.0. The molecular formula is C23H25N7O. The van der Waals surface area contributed by atoms with Crippen molar-refractivity contribution in [1.82, 2.24) is 29.8 Å². The number of amides is 1. The molecule has 1 amide bonds. The van der Waals surface area contributed by atoms with Crippen molar-refractivity contribution in [1.29, 1.82) is 0 Å². The van der Waals surface area contributed by atoms with Gasteiger partial charge in [-0.2, -0.15) is 5.10 Å². The normalized spacial score (nSPS) is 11.5. The fourth-order valence-electron chi connectivity index (χ4n) is 3.20. The van der Waals surface area contributed by atoms with Crippen molar-refractivity contribution < 1.29 is 4.79 Å². The molecule has 0 atom stereocenters. The first-order valence-electron chi connectivity index (χ1n) is 10.0. The minimum Gasteiger partial charge on any atom is -0.321 e. The monoisotopic (exact) mass is 415 g/mol. The summed E-state index contributed by atoms with van der Waals surface area (Å²) in [6, 6.07) is 11.3. The third-order valence-corrected chi connectivity index (χ3v) is 5.05. The third-order valence-electron chi connectivity index (χ3n) is 5.05. The van der Waals surface area contributed by atoms with E-state index in [1.807, 2.05) is 49.5 Å². The van der Waals surface area contributed by atoms with Gasteiger partial charge in [-0.15, -0.1) is 5.10 Å². The van der Waals surface area contributed by atoms with E-state index in [9.17, 15) is 4.79 Å². The number of hydrogen-bond acceptors (Lipinski definition) is 5. The van der Waals surface area contributed by atoms with E-state index >= 15 is 0 Å². The lowest BCUT2D eigenvalue weighted by molar-refractivity contribution is 0.101. The number of nitrogens with one attached hydrogen (secondary N) is 1. The van der Waals surface area contributed by atoms with Gasteiger partial charge in [0, 0.05) is 36.1 Å². The van der Waals surface area contributed by atoms with E-state index in [2.05, 4.69) is 46.5 Å². The zero-order valence-corrected chi connectivity index (χ0v) is 18.3. The average Bonchev–Trinajstić information content (AvgIpc) is 3.37. The maximum Gasteiger partial charge on any atom is 0.273 e. The topological polar surface area (TPSA) is 90.5 Å². The average molecular weight is 416 g/mol. The van der Waals surface area contributed by atoms with E-state index in [0.29, 0.717) is 11.4 Å². The van der Waals surface area contributed by atoms with Crippen molar-refractivity contribution in [3.8, 4) is 16.9 Å². The Morgan fingerprint density at radius 1 is 1.13 bits per heavy atom. The lowest BCUT2D eigenvalue weighted by atomic mass is 9.92. The summed E-state index contributed by atoms with van der Waals surface area (Å²) in [6.45, 7) is 8.20. The zero-order chi connectivity index (χ0) is 22.2. The molecule has 0 aliphatic rings. The summed E-state index contributed by atoms with van der Waals surface area (Å²) in [5.74, 6) is -0.213. The molecule has 8 heteroatoms. The molecule has 0 saturated carbocycles. The first-order valence-corrected chi connectivity index (χ1v) is 10.0. The van der Waals surface area contributed by atoms with Crippen LogP contribution in [0.5, 0.6) is 0 Å². The van der Waals surface area contributed by atoms with Gasteiger partial charge in [0.2, 0.25) is 0 Å². The fraction of sp³-hybridized carbons (Fsp3) is 0.261. The van der Waals surface area contributed by atoms with Gasteiger partial charge >= 0.3 is 0 Å². The molecule has 31 heavy (non-hydrogen) atoms. The van der Waals surface area contributed by atoms with E-state index in [-0.39, 0.29) is 11.3 Å². The summed E-state index contributed by atoms with van der Waals surface area (Å²) >= 11 is 0. The van der Waals surface area contributed by atoms with Gasteiger partial charge in [0.15, 0.2) is 0 Å². The smallest absolute Gasteiger partial charge is 0.273 e. The van der Waals surface area contributed by atoms with Gasteiger partial charge < -0.3 is 5.32 Å². The quantitative estimate of drug-likeness (QED) is 0.546. The van der Waals surface area contributed by atoms with Crippen LogP contribution in [0, 0.1) is 6.92 Å². The summed E-state index contributed by atoms with van der Waals surface area (Å²) in [5, 5.41) is 16.0. The van der Waals surface area contributed by atoms with Gasteiger partial charge in [0.25, 0.3) is 5.91 Å². The Bertz CT molecular complexity index is 1230. The number of carbonyl (C=O) groups excluding carboxylic acids is 1. The Morgan fingerprint density at radius 2 is 1.94 bits per heavy atom. The highest BCUT2D eigenvalue weighted by Gasteiger charge is 2.22. The van der Waals surface area contributed by atoms with E-state index in [1.165, 1.54) is 0 Å².